The molecular weight excluding hydrogens is 292 g/mol. The summed E-state index contributed by atoms with van der Waals surface area (Å²) >= 11 is 0. The minimum atomic E-state index is -0.312. The first-order valence-electron chi connectivity index (χ1n) is 7.93. The normalized spacial score (nSPS) is 11.1. The van der Waals surface area contributed by atoms with E-state index >= 15 is 0 Å². The van der Waals surface area contributed by atoms with Crippen molar-refractivity contribution in [3.63, 3.8) is 0 Å². The van der Waals surface area contributed by atoms with Crippen molar-refractivity contribution in [3.05, 3.63) is 35.9 Å². The van der Waals surface area contributed by atoms with Crippen LogP contribution in [0.3, 0.4) is 0 Å². The Labute approximate surface area is 139 Å². The maximum atomic E-state index is 12.1. The molecule has 0 spiro atoms. The molecule has 0 radical (unpaired) electrons. The van der Waals surface area contributed by atoms with Crippen LogP contribution in [0.4, 0.5) is 0 Å². The van der Waals surface area contributed by atoms with Gasteiger partial charge in [-0.05, 0) is 25.8 Å². The van der Waals surface area contributed by atoms with E-state index in [1.165, 1.54) is 6.92 Å². The molecule has 1 aromatic carbocycles. The van der Waals surface area contributed by atoms with Gasteiger partial charge in [-0.25, -0.2) is 0 Å². The summed E-state index contributed by atoms with van der Waals surface area (Å²) < 4.78 is 5.05. The summed E-state index contributed by atoms with van der Waals surface area (Å²) in [6.07, 6.45) is 1.04. The van der Waals surface area contributed by atoms with E-state index < -0.39 is 0 Å². The van der Waals surface area contributed by atoms with Gasteiger partial charge in [-0.1, -0.05) is 30.3 Å². The van der Waals surface area contributed by atoms with Crippen molar-refractivity contribution in [2.75, 3.05) is 20.3 Å². The maximum absolute atomic E-state index is 12.1. The zero-order valence-electron chi connectivity index (χ0n) is 14.6. The highest BCUT2D eigenvalue weighted by molar-refractivity contribution is 5.78. The van der Waals surface area contributed by atoms with Crippen molar-refractivity contribution in [2.45, 2.75) is 45.7 Å². The van der Waals surface area contributed by atoms with Crippen LogP contribution in [0.15, 0.2) is 30.3 Å². The number of nitrogens with one attached hydrogen (secondary N) is 1. The number of ether oxygens (including phenoxy) is 1. The molecule has 0 heterocycles. The Morgan fingerprint density at radius 2 is 1.87 bits per heavy atom. The average Bonchev–Trinajstić information content (AvgIpc) is 2.49. The number of benzene rings is 1. The second-order valence-corrected chi connectivity index (χ2v) is 6.35. The smallest absolute Gasteiger partial charge is 0.222 e. The Morgan fingerprint density at radius 3 is 2.43 bits per heavy atom. The lowest BCUT2D eigenvalue weighted by Crippen LogP contribution is -2.45. The number of hydrogen-bond donors (Lipinski definition) is 1. The van der Waals surface area contributed by atoms with Crippen LogP contribution >= 0.6 is 0 Å². The summed E-state index contributed by atoms with van der Waals surface area (Å²) in [5.41, 5.74) is 0.747. The quantitative estimate of drug-likeness (QED) is 0.760. The summed E-state index contributed by atoms with van der Waals surface area (Å²) in [6, 6.07) is 9.78. The molecule has 0 atom stereocenters. The van der Waals surface area contributed by atoms with Crippen molar-refractivity contribution in [3.8, 4) is 0 Å². The summed E-state index contributed by atoms with van der Waals surface area (Å²) in [7, 11) is 1.65. The Kier molecular flexibility index (Phi) is 7.75. The molecule has 128 valence electrons. The van der Waals surface area contributed by atoms with Crippen molar-refractivity contribution in [2.24, 2.45) is 0 Å². The maximum Gasteiger partial charge on any atom is 0.222 e. The van der Waals surface area contributed by atoms with Crippen LogP contribution in [0, 0.1) is 0 Å². The Balaban J connectivity index is 2.49. The molecule has 0 aliphatic carbocycles. The van der Waals surface area contributed by atoms with Crippen molar-refractivity contribution in [1.29, 1.82) is 0 Å². The Morgan fingerprint density at radius 1 is 1.22 bits per heavy atom. The molecule has 0 unspecified atom stereocenters. The second kappa shape index (κ2) is 9.30. The molecule has 0 aliphatic heterocycles. The third-order valence-electron chi connectivity index (χ3n) is 3.68. The summed E-state index contributed by atoms with van der Waals surface area (Å²) in [5.74, 6) is -0.0780. The van der Waals surface area contributed by atoms with E-state index in [4.69, 9.17) is 4.74 Å². The fraction of sp³-hybridized carbons (Fsp3) is 0.556. The fourth-order valence-electron chi connectivity index (χ4n) is 2.25. The summed E-state index contributed by atoms with van der Waals surface area (Å²) in [5, 5.41) is 2.99. The highest BCUT2D eigenvalue weighted by Gasteiger charge is 2.20. The van der Waals surface area contributed by atoms with Crippen molar-refractivity contribution < 1.29 is 14.3 Å². The van der Waals surface area contributed by atoms with Crippen molar-refractivity contribution in [1.82, 2.24) is 10.2 Å². The monoisotopic (exact) mass is 320 g/mol. The minimum Gasteiger partial charge on any atom is -0.385 e. The number of nitrogens with zero attached hydrogens (tertiary/aromatic N) is 1. The lowest BCUT2D eigenvalue weighted by molar-refractivity contribution is -0.130. The first kappa shape index (κ1) is 19.2. The van der Waals surface area contributed by atoms with Gasteiger partial charge < -0.3 is 15.0 Å². The van der Waals surface area contributed by atoms with E-state index in [0.717, 1.165) is 12.0 Å². The molecule has 1 aromatic rings. The third kappa shape index (κ3) is 7.79. The van der Waals surface area contributed by atoms with Gasteiger partial charge in [-0.15, -0.1) is 0 Å². The Bertz CT molecular complexity index is 500. The highest BCUT2D eigenvalue weighted by atomic mass is 16.5. The molecule has 5 heteroatoms. The predicted molar refractivity (Wildman–Crippen MR) is 90.9 cm³/mol. The molecule has 23 heavy (non-hydrogen) atoms. The zero-order chi connectivity index (χ0) is 17.3. The van der Waals surface area contributed by atoms with E-state index in [9.17, 15) is 9.59 Å². The molecule has 5 nitrogen and oxygen atoms in total. The molecule has 2 amide bonds. The van der Waals surface area contributed by atoms with Crippen LogP contribution in [-0.2, 0) is 20.9 Å². The van der Waals surface area contributed by atoms with Crippen LogP contribution in [0.1, 0.15) is 39.2 Å². The van der Waals surface area contributed by atoms with Crippen LogP contribution in [0.5, 0.6) is 0 Å². The average molecular weight is 320 g/mol. The second-order valence-electron chi connectivity index (χ2n) is 6.35. The fourth-order valence-corrected chi connectivity index (χ4v) is 2.25. The van der Waals surface area contributed by atoms with Crippen LogP contribution < -0.4 is 5.32 Å². The van der Waals surface area contributed by atoms with Gasteiger partial charge in [0.15, 0.2) is 0 Å². The predicted octanol–water partition coefficient (Wildman–Crippen LogP) is 2.36. The minimum absolute atomic E-state index is 0.0275. The van der Waals surface area contributed by atoms with Crippen LogP contribution in [0.2, 0.25) is 0 Å². The molecule has 0 saturated heterocycles. The van der Waals surface area contributed by atoms with Gasteiger partial charge in [0.1, 0.15) is 0 Å². The van der Waals surface area contributed by atoms with Gasteiger partial charge in [0.25, 0.3) is 0 Å². The highest BCUT2D eigenvalue weighted by Crippen LogP contribution is 2.09. The number of carbonyl (C=O) groups excluding carboxylic acids is 2. The molecule has 0 aromatic heterocycles. The van der Waals surface area contributed by atoms with Crippen LogP contribution in [-0.4, -0.2) is 42.5 Å². The first-order chi connectivity index (χ1) is 10.8. The Hall–Kier alpha value is -1.88. The van der Waals surface area contributed by atoms with E-state index in [2.05, 4.69) is 5.32 Å². The number of amides is 2. The molecule has 0 aliphatic rings. The number of methoxy groups -OCH3 is 1. The summed E-state index contributed by atoms with van der Waals surface area (Å²) in [6.45, 7) is 7.00. The zero-order valence-corrected chi connectivity index (χ0v) is 14.6. The summed E-state index contributed by atoms with van der Waals surface area (Å²) in [4.78, 5) is 25.6. The molecule has 1 N–H and O–H groups in total. The first-order valence-corrected chi connectivity index (χ1v) is 7.93. The van der Waals surface area contributed by atoms with Crippen LogP contribution in [0.25, 0.3) is 0 Å². The van der Waals surface area contributed by atoms with E-state index in [1.807, 2.05) is 44.2 Å². The standard InChI is InChI=1S/C18H28N2O3/c1-15(21)20(14-16-8-6-5-7-9-16)12-10-17(22)19-18(2,3)11-13-23-4/h5-9H,10-14H2,1-4H3,(H,19,22). The third-order valence-corrected chi connectivity index (χ3v) is 3.68. The SMILES string of the molecule is COCCC(C)(C)NC(=O)CCN(Cc1ccccc1)C(C)=O. The largest absolute Gasteiger partial charge is 0.385 e. The van der Waals surface area contributed by atoms with Gasteiger partial charge in [0.05, 0.1) is 0 Å². The van der Waals surface area contributed by atoms with Crippen molar-refractivity contribution >= 4 is 11.8 Å². The van der Waals surface area contributed by atoms with Gasteiger partial charge in [0.2, 0.25) is 11.8 Å². The van der Waals surface area contributed by atoms with E-state index in [1.54, 1.807) is 12.0 Å². The lowest BCUT2D eigenvalue weighted by atomic mass is 10.0. The molecule has 1 rings (SSSR count). The number of hydrogen-bond acceptors (Lipinski definition) is 3. The van der Waals surface area contributed by atoms with Gasteiger partial charge in [0, 0.05) is 45.7 Å². The van der Waals surface area contributed by atoms with E-state index in [0.29, 0.717) is 26.1 Å². The van der Waals surface area contributed by atoms with E-state index in [-0.39, 0.29) is 17.4 Å². The van der Waals surface area contributed by atoms with Gasteiger partial charge in [-0.3, -0.25) is 9.59 Å². The van der Waals surface area contributed by atoms with Gasteiger partial charge >= 0.3 is 0 Å². The number of carbonyl (C=O) groups is 2. The lowest BCUT2D eigenvalue weighted by Gasteiger charge is -2.27. The molecule has 0 fully saturated rings. The number of rotatable bonds is 9. The van der Waals surface area contributed by atoms with Gasteiger partial charge in [-0.2, -0.15) is 0 Å². The molecule has 0 saturated carbocycles. The molecule has 0 bridgehead atoms. The topological polar surface area (TPSA) is 58.6 Å². The molecular formula is C18H28N2O3.